The fourth-order valence-corrected chi connectivity index (χ4v) is 2.51. The fourth-order valence-electron chi connectivity index (χ4n) is 1.55. The minimum Gasteiger partial charge on any atom is -0.211 e. The molecule has 0 aromatic heterocycles. The first-order valence-corrected chi connectivity index (χ1v) is 5.64. The van der Waals surface area contributed by atoms with E-state index in [-0.39, 0.29) is 5.25 Å². The van der Waals surface area contributed by atoms with E-state index in [1.807, 2.05) is 0 Å². The van der Waals surface area contributed by atoms with E-state index in [0.29, 0.717) is 12.8 Å². The van der Waals surface area contributed by atoms with Crippen molar-refractivity contribution in [2.45, 2.75) is 43.8 Å². The maximum absolute atomic E-state index is 10.8. The predicted molar refractivity (Wildman–Crippen MR) is 43.5 cm³/mol. The van der Waals surface area contributed by atoms with Crippen molar-refractivity contribution in [2.75, 3.05) is 0 Å². The average molecular weight is 176 g/mol. The molecule has 3 nitrogen and oxygen atoms in total. The van der Waals surface area contributed by atoms with Gasteiger partial charge in [0.15, 0.2) is 0 Å². The molecule has 0 aromatic carbocycles. The summed E-state index contributed by atoms with van der Waals surface area (Å²) in [5.74, 6) is 0. The third-order valence-corrected chi connectivity index (χ3v) is 3.59. The average Bonchev–Trinajstić information content (AvgIpc) is 2.10. The van der Waals surface area contributed by atoms with Gasteiger partial charge < -0.3 is 0 Å². The molecule has 1 rings (SSSR count). The van der Waals surface area contributed by atoms with Crippen LogP contribution < -0.4 is 5.14 Å². The Labute approximate surface area is 68.0 Å². The first-order chi connectivity index (χ1) is 5.11. The standard InChI is InChI=1S/C7H14NO2S/c8-11(9,10)7-5-3-1-2-4-6-7/h7-8H,1-6H2. The normalized spacial score (nSPS) is 23.0. The molecule has 11 heavy (non-hydrogen) atoms. The summed E-state index contributed by atoms with van der Waals surface area (Å²) in [6, 6.07) is 0. The molecule has 0 amide bonds. The van der Waals surface area contributed by atoms with Crippen LogP contribution >= 0.6 is 0 Å². The molecular formula is C7H14NO2S. The molecule has 1 saturated carbocycles. The van der Waals surface area contributed by atoms with Crippen LogP contribution in [0.3, 0.4) is 0 Å². The minimum atomic E-state index is -3.50. The summed E-state index contributed by atoms with van der Waals surface area (Å²) in [6.45, 7) is 0. The van der Waals surface area contributed by atoms with Gasteiger partial charge in [0.1, 0.15) is 0 Å². The summed E-state index contributed by atoms with van der Waals surface area (Å²) < 4.78 is 21.6. The lowest BCUT2D eigenvalue weighted by molar-refractivity contribution is 0.563. The van der Waals surface area contributed by atoms with Crippen LogP contribution in [0, 0.1) is 0 Å². The van der Waals surface area contributed by atoms with E-state index in [2.05, 4.69) is 0 Å². The molecule has 0 atom stereocenters. The van der Waals surface area contributed by atoms with Gasteiger partial charge in [0.05, 0.1) is 5.25 Å². The first-order valence-electron chi connectivity index (χ1n) is 4.09. The van der Waals surface area contributed by atoms with Crippen LogP contribution in [0.5, 0.6) is 0 Å². The minimum absolute atomic E-state index is 0.370. The summed E-state index contributed by atoms with van der Waals surface area (Å²) >= 11 is 0. The van der Waals surface area contributed by atoms with Crippen molar-refractivity contribution in [2.24, 2.45) is 0 Å². The van der Waals surface area contributed by atoms with Crippen molar-refractivity contribution < 1.29 is 8.42 Å². The Morgan fingerprint density at radius 2 is 1.45 bits per heavy atom. The van der Waals surface area contributed by atoms with Gasteiger partial charge in [-0.1, -0.05) is 25.7 Å². The van der Waals surface area contributed by atoms with Crippen LogP contribution in [0.1, 0.15) is 38.5 Å². The lowest BCUT2D eigenvalue weighted by Gasteiger charge is -2.08. The molecule has 0 heterocycles. The van der Waals surface area contributed by atoms with E-state index in [4.69, 9.17) is 5.14 Å². The Morgan fingerprint density at radius 3 is 1.82 bits per heavy atom. The van der Waals surface area contributed by atoms with Crippen LogP contribution in [0.25, 0.3) is 0 Å². The third-order valence-electron chi connectivity index (χ3n) is 2.24. The van der Waals surface area contributed by atoms with Crippen LogP contribution in [-0.4, -0.2) is 13.7 Å². The van der Waals surface area contributed by atoms with Crippen molar-refractivity contribution in [1.29, 1.82) is 0 Å². The van der Waals surface area contributed by atoms with Gasteiger partial charge in [-0.2, -0.15) is 0 Å². The molecular weight excluding hydrogens is 162 g/mol. The molecule has 0 saturated heterocycles. The lowest BCUT2D eigenvalue weighted by Crippen LogP contribution is -2.20. The van der Waals surface area contributed by atoms with Gasteiger partial charge in [0, 0.05) is 0 Å². The maximum Gasteiger partial charge on any atom is 0.228 e. The van der Waals surface area contributed by atoms with Crippen LogP contribution in [0.15, 0.2) is 0 Å². The highest BCUT2D eigenvalue weighted by Crippen LogP contribution is 2.21. The van der Waals surface area contributed by atoms with Crippen molar-refractivity contribution >= 4 is 10.0 Å². The van der Waals surface area contributed by atoms with Crippen molar-refractivity contribution in [3.05, 3.63) is 0 Å². The van der Waals surface area contributed by atoms with Crippen LogP contribution in [0.2, 0.25) is 0 Å². The topological polar surface area (TPSA) is 57.9 Å². The molecule has 0 spiro atoms. The highest BCUT2D eigenvalue weighted by molar-refractivity contribution is 7.89. The summed E-state index contributed by atoms with van der Waals surface area (Å²) in [5, 5.41) is 6.53. The number of hydrogen-bond acceptors (Lipinski definition) is 2. The summed E-state index contributed by atoms with van der Waals surface area (Å²) in [4.78, 5) is 0. The number of hydrogen-bond donors (Lipinski definition) is 0. The van der Waals surface area contributed by atoms with E-state index >= 15 is 0 Å². The summed E-state index contributed by atoms with van der Waals surface area (Å²) in [6.07, 6.45) is 5.61. The van der Waals surface area contributed by atoms with Gasteiger partial charge in [0.25, 0.3) is 0 Å². The third kappa shape index (κ3) is 2.79. The molecule has 1 fully saturated rings. The molecule has 0 aliphatic heterocycles. The summed E-state index contributed by atoms with van der Waals surface area (Å²) in [5.41, 5.74) is 0. The zero-order valence-corrected chi connectivity index (χ0v) is 7.36. The van der Waals surface area contributed by atoms with Crippen LogP contribution in [0.4, 0.5) is 0 Å². The molecule has 0 bridgehead atoms. The molecule has 1 N–H and O–H groups in total. The molecule has 1 radical (unpaired) electrons. The quantitative estimate of drug-likeness (QED) is 0.566. The van der Waals surface area contributed by atoms with E-state index in [1.165, 1.54) is 0 Å². The molecule has 0 aromatic rings. The largest absolute Gasteiger partial charge is 0.228 e. The van der Waals surface area contributed by atoms with Gasteiger partial charge >= 0.3 is 0 Å². The SMILES string of the molecule is [NH]S(=O)(=O)C1CCCCCC1. The second kappa shape index (κ2) is 3.54. The monoisotopic (exact) mass is 176 g/mol. The van der Waals surface area contributed by atoms with Gasteiger partial charge in [-0.05, 0) is 12.8 Å². The van der Waals surface area contributed by atoms with Gasteiger partial charge in [-0.25, -0.2) is 8.42 Å². The molecule has 65 valence electrons. The number of sulfonamides is 1. The Hall–Kier alpha value is -0.0900. The Kier molecular flexibility index (Phi) is 2.90. The fraction of sp³-hybridized carbons (Fsp3) is 1.00. The van der Waals surface area contributed by atoms with Crippen molar-refractivity contribution in [3.63, 3.8) is 0 Å². The highest BCUT2D eigenvalue weighted by atomic mass is 32.2. The number of rotatable bonds is 1. The number of nitrogens with one attached hydrogen (secondary N) is 1. The van der Waals surface area contributed by atoms with Crippen LogP contribution in [-0.2, 0) is 10.0 Å². The Balaban J connectivity index is 2.57. The molecule has 1 aliphatic rings. The molecule has 4 heteroatoms. The Morgan fingerprint density at radius 1 is 1.00 bits per heavy atom. The van der Waals surface area contributed by atoms with Crippen molar-refractivity contribution in [1.82, 2.24) is 5.14 Å². The highest BCUT2D eigenvalue weighted by Gasteiger charge is 2.22. The zero-order valence-electron chi connectivity index (χ0n) is 6.54. The molecule has 0 unspecified atom stereocenters. The molecule has 1 aliphatic carbocycles. The second-order valence-corrected chi connectivity index (χ2v) is 4.92. The van der Waals surface area contributed by atoms with E-state index in [0.717, 1.165) is 25.7 Å². The van der Waals surface area contributed by atoms with Gasteiger partial charge in [-0.3, -0.25) is 0 Å². The smallest absolute Gasteiger partial charge is 0.211 e. The zero-order chi connectivity index (χ0) is 8.32. The summed E-state index contributed by atoms with van der Waals surface area (Å²) in [7, 11) is -3.50. The Bertz CT molecular complexity index is 202. The lowest BCUT2D eigenvalue weighted by atomic mass is 10.2. The predicted octanol–water partition coefficient (Wildman–Crippen LogP) is 1.32. The second-order valence-electron chi connectivity index (χ2n) is 3.16. The first kappa shape index (κ1) is 9.00. The van der Waals surface area contributed by atoms with E-state index in [1.54, 1.807) is 0 Å². The van der Waals surface area contributed by atoms with E-state index < -0.39 is 10.0 Å². The van der Waals surface area contributed by atoms with Crippen molar-refractivity contribution in [3.8, 4) is 0 Å². The van der Waals surface area contributed by atoms with Gasteiger partial charge in [0.2, 0.25) is 10.0 Å². The maximum atomic E-state index is 10.8. The van der Waals surface area contributed by atoms with E-state index in [9.17, 15) is 8.42 Å². The van der Waals surface area contributed by atoms with Gasteiger partial charge in [-0.15, -0.1) is 5.14 Å².